The molecule has 0 aliphatic heterocycles. The molecule has 0 aromatic rings. The third kappa shape index (κ3) is 24.6. The first-order chi connectivity index (χ1) is 19.0. The predicted octanol–water partition coefficient (Wildman–Crippen LogP) is 2.31. The van der Waals surface area contributed by atoms with Gasteiger partial charge in [0.2, 0.25) is 0 Å². The molecule has 0 aromatic heterocycles. The van der Waals surface area contributed by atoms with E-state index in [0.29, 0.717) is 11.5 Å². The maximum atomic E-state index is 12.9. The minimum absolute atomic E-state index is 0.107. The molecule has 0 saturated carbocycles. The standard InChI is InChI=1S/C23H42F3N5O9/c1-22(2,3)40-21(33)28-4-8-34-12-16-38-18-14-36-10-6-31(20(32)23(24,25)26)7-11-37-15-19-39-17-13-35-9-5-29-30-27/h4-19H2,1-3H3,(H,28,33). The zero-order chi connectivity index (χ0) is 30.1. The van der Waals surface area contributed by atoms with Gasteiger partial charge in [-0.1, -0.05) is 5.11 Å². The zero-order valence-electron chi connectivity index (χ0n) is 23.4. The molecule has 0 aliphatic rings. The SMILES string of the molecule is CC(C)(C)OC(=O)NCCOCCOCCOCCN(CCOCCOCCOCCN=[N+]=[N-])C(=O)C(F)(F)F. The Morgan fingerprint density at radius 3 is 1.60 bits per heavy atom. The minimum atomic E-state index is -5.01. The summed E-state index contributed by atoms with van der Waals surface area (Å²) in [5, 5.41) is 5.86. The molecule has 0 saturated heterocycles. The Labute approximate surface area is 232 Å². The fourth-order valence-electron chi connectivity index (χ4n) is 2.62. The Bertz CT molecular complexity index is 721. The molecule has 0 atom stereocenters. The second-order valence-electron chi connectivity index (χ2n) is 8.85. The summed E-state index contributed by atoms with van der Waals surface area (Å²) in [5.41, 5.74) is 7.54. The third-order valence-electron chi connectivity index (χ3n) is 4.34. The van der Waals surface area contributed by atoms with Crippen LogP contribution in [-0.4, -0.2) is 134 Å². The molecule has 0 aromatic carbocycles. The Morgan fingerprint density at radius 1 is 0.750 bits per heavy atom. The van der Waals surface area contributed by atoms with E-state index in [4.69, 9.17) is 38.7 Å². The van der Waals surface area contributed by atoms with Crippen molar-refractivity contribution in [2.75, 3.05) is 105 Å². The van der Waals surface area contributed by atoms with Crippen LogP contribution in [0.25, 0.3) is 10.4 Å². The summed E-state index contributed by atoms with van der Waals surface area (Å²) < 4.78 is 75.3. The molecule has 0 spiro atoms. The Kier molecular flexibility index (Phi) is 21.9. The number of carbonyl (C=O) groups is 2. The highest BCUT2D eigenvalue weighted by atomic mass is 19.4. The van der Waals surface area contributed by atoms with E-state index < -0.39 is 23.8 Å². The Balaban J connectivity index is 3.85. The monoisotopic (exact) mass is 589 g/mol. The lowest BCUT2D eigenvalue weighted by atomic mass is 10.2. The number of ether oxygens (including phenoxy) is 7. The molecular weight excluding hydrogens is 547 g/mol. The number of rotatable bonds is 24. The van der Waals surface area contributed by atoms with Gasteiger partial charge in [0.15, 0.2) is 0 Å². The predicted molar refractivity (Wildman–Crippen MR) is 136 cm³/mol. The van der Waals surface area contributed by atoms with E-state index in [9.17, 15) is 22.8 Å². The molecule has 17 heteroatoms. The van der Waals surface area contributed by atoms with Crippen molar-refractivity contribution < 1.29 is 55.9 Å². The van der Waals surface area contributed by atoms with Gasteiger partial charge < -0.3 is 43.4 Å². The number of alkyl carbamates (subject to hydrolysis) is 1. The number of azide groups is 1. The van der Waals surface area contributed by atoms with Gasteiger partial charge in [-0.2, -0.15) is 13.2 Å². The van der Waals surface area contributed by atoms with Crippen molar-refractivity contribution in [1.29, 1.82) is 0 Å². The van der Waals surface area contributed by atoms with Crippen LogP contribution in [0.2, 0.25) is 0 Å². The summed E-state index contributed by atoms with van der Waals surface area (Å²) in [6.07, 6.45) is -5.54. The van der Waals surface area contributed by atoms with Gasteiger partial charge in [-0.3, -0.25) is 4.79 Å². The molecule has 14 nitrogen and oxygen atoms in total. The van der Waals surface area contributed by atoms with Gasteiger partial charge in [0.1, 0.15) is 5.60 Å². The average Bonchev–Trinajstić information content (AvgIpc) is 2.86. The molecule has 234 valence electrons. The fraction of sp³-hybridized carbons (Fsp3) is 0.913. The molecular formula is C23H42F3N5O9. The van der Waals surface area contributed by atoms with Gasteiger partial charge in [0, 0.05) is 31.1 Å². The van der Waals surface area contributed by atoms with Gasteiger partial charge in [-0.05, 0) is 26.3 Å². The van der Waals surface area contributed by atoms with E-state index in [1.54, 1.807) is 20.8 Å². The fourth-order valence-corrected chi connectivity index (χ4v) is 2.62. The highest BCUT2D eigenvalue weighted by Crippen LogP contribution is 2.18. The summed E-state index contributed by atoms with van der Waals surface area (Å²) >= 11 is 0. The van der Waals surface area contributed by atoms with Crippen LogP contribution >= 0.6 is 0 Å². The molecule has 0 fully saturated rings. The number of hydrogen-bond acceptors (Lipinski definition) is 10. The van der Waals surface area contributed by atoms with Gasteiger partial charge in [-0.25, -0.2) is 4.79 Å². The maximum Gasteiger partial charge on any atom is 0.471 e. The van der Waals surface area contributed by atoms with Crippen LogP contribution in [0.5, 0.6) is 0 Å². The molecule has 1 N–H and O–H groups in total. The lowest BCUT2D eigenvalue weighted by Gasteiger charge is -2.23. The summed E-state index contributed by atoms with van der Waals surface area (Å²) in [5.74, 6) is -1.97. The Hall–Kier alpha value is -2.40. The Morgan fingerprint density at radius 2 is 1.18 bits per heavy atom. The van der Waals surface area contributed by atoms with E-state index in [-0.39, 0.29) is 98.9 Å². The number of amides is 2. The topological polar surface area (TPSA) is 163 Å². The molecule has 0 radical (unpaired) electrons. The minimum Gasteiger partial charge on any atom is -0.444 e. The van der Waals surface area contributed by atoms with Gasteiger partial charge in [0.05, 0.1) is 79.3 Å². The van der Waals surface area contributed by atoms with Crippen LogP contribution in [0, 0.1) is 0 Å². The number of nitrogens with one attached hydrogen (secondary N) is 1. The van der Waals surface area contributed by atoms with Crippen LogP contribution in [-0.2, 0) is 38.0 Å². The highest BCUT2D eigenvalue weighted by Gasteiger charge is 2.42. The summed E-state index contributed by atoms with van der Waals surface area (Å²) in [7, 11) is 0. The van der Waals surface area contributed by atoms with Crippen molar-refractivity contribution in [3.05, 3.63) is 10.4 Å². The van der Waals surface area contributed by atoms with E-state index in [0.717, 1.165) is 0 Å². The summed E-state index contributed by atoms with van der Waals surface area (Å²) in [6, 6.07) is 0. The molecule has 0 rings (SSSR count). The van der Waals surface area contributed by atoms with Crippen molar-refractivity contribution in [2.24, 2.45) is 5.11 Å². The smallest absolute Gasteiger partial charge is 0.444 e. The number of alkyl halides is 3. The number of halogens is 3. The number of carbonyl (C=O) groups excluding carboxylic acids is 2. The molecule has 0 aliphatic carbocycles. The largest absolute Gasteiger partial charge is 0.471 e. The first-order valence-corrected chi connectivity index (χ1v) is 12.8. The molecule has 40 heavy (non-hydrogen) atoms. The first kappa shape index (κ1) is 37.6. The number of nitrogens with zero attached hydrogens (tertiary/aromatic N) is 4. The molecule has 0 unspecified atom stereocenters. The average molecular weight is 590 g/mol. The quantitative estimate of drug-likeness (QED) is 0.0770. The van der Waals surface area contributed by atoms with Crippen molar-refractivity contribution in [3.63, 3.8) is 0 Å². The van der Waals surface area contributed by atoms with Gasteiger partial charge in [0.25, 0.3) is 0 Å². The third-order valence-corrected chi connectivity index (χ3v) is 4.34. The van der Waals surface area contributed by atoms with Crippen LogP contribution < -0.4 is 5.32 Å². The molecule has 0 bridgehead atoms. The summed E-state index contributed by atoms with van der Waals surface area (Å²) in [6.45, 7) is 7.34. The van der Waals surface area contributed by atoms with Crippen molar-refractivity contribution in [3.8, 4) is 0 Å². The van der Waals surface area contributed by atoms with Crippen LogP contribution in [0.15, 0.2) is 5.11 Å². The molecule has 2 amide bonds. The van der Waals surface area contributed by atoms with Crippen LogP contribution in [0.4, 0.5) is 18.0 Å². The van der Waals surface area contributed by atoms with E-state index in [2.05, 4.69) is 15.3 Å². The van der Waals surface area contributed by atoms with Crippen molar-refractivity contribution in [1.82, 2.24) is 10.2 Å². The second kappa shape index (κ2) is 23.3. The van der Waals surface area contributed by atoms with Crippen molar-refractivity contribution >= 4 is 12.0 Å². The zero-order valence-corrected chi connectivity index (χ0v) is 23.4. The highest BCUT2D eigenvalue weighted by molar-refractivity contribution is 5.81. The van der Waals surface area contributed by atoms with E-state index in [1.807, 2.05) is 0 Å². The van der Waals surface area contributed by atoms with Crippen LogP contribution in [0.3, 0.4) is 0 Å². The maximum absolute atomic E-state index is 12.9. The van der Waals surface area contributed by atoms with Crippen LogP contribution in [0.1, 0.15) is 20.8 Å². The normalized spacial score (nSPS) is 11.7. The van der Waals surface area contributed by atoms with E-state index >= 15 is 0 Å². The molecule has 0 heterocycles. The van der Waals surface area contributed by atoms with E-state index in [1.165, 1.54) is 0 Å². The lowest BCUT2D eigenvalue weighted by Crippen LogP contribution is -2.44. The second-order valence-corrected chi connectivity index (χ2v) is 8.85. The first-order valence-electron chi connectivity index (χ1n) is 12.8. The van der Waals surface area contributed by atoms with Gasteiger partial charge >= 0.3 is 18.2 Å². The van der Waals surface area contributed by atoms with Crippen molar-refractivity contribution in [2.45, 2.75) is 32.5 Å². The number of hydrogen-bond donors (Lipinski definition) is 1. The summed E-state index contributed by atoms with van der Waals surface area (Å²) in [4.78, 5) is 26.3. The lowest BCUT2D eigenvalue weighted by molar-refractivity contribution is -0.186. The van der Waals surface area contributed by atoms with Gasteiger partial charge in [-0.15, -0.1) is 0 Å².